The highest BCUT2D eigenvalue weighted by atomic mass is 16.5. The Hall–Kier alpha value is -2.30. The summed E-state index contributed by atoms with van der Waals surface area (Å²) in [7, 11) is 0. The minimum atomic E-state index is -0.501. The van der Waals surface area contributed by atoms with E-state index in [0.717, 1.165) is 16.6 Å². The zero-order valence-electron chi connectivity index (χ0n) is 9.43. The Kier molecular flexibility index (Phi) is 3.40. The van der Waals surface area contributed by atoms with E-state index in [2.05, 4.69) is 15.8 Å². The Bertz CT molecular complexity index is 528. The zero-order valence-corrected chi connectivity index (χ0v) is 9.43. The van der Waals surface area contributed by atoms with Crippen LogP contribution in [0.3, 0.4) is 0 Å². The second-order valence-corrected chi connectivity index (χ2v) is 3.38. The first-order valence-corrected chi connectivity index (χ1v) is 5.33. The number of carbonyl (C=O) groups is 1. The number of benzene rings is 1. The molecule has 1 aromatic heterocycles. The van der Waals surface area contributed by atoms with E-state index in [-0.39, 0.29) is 0 Å². The topological polar surface area (TPSA) is 63.2 Å². The third kappa shape index (κ3) is 2.84. The highest BCUT2D eigenvalue weighted by Gasteiger charge is 2.00. The Morgan fingerprint density at radius 2 is 2.29 bits per heavy atom. The van der Waals surface area contributed by atoms with Crippen LogP contribution in [0, 0.1) is 0 Å². The van der Waals surface area contributed by atoms with Crippen molar-refractivity contribution in [2.75, 3.05) is 12.0 Å². The van der Waals surface area contributed by atoms with Crippen LogP contribution in [0.2, 0.25) is 0 Å². The van der Waals surface area contributed by atoms with E-state index in [4.69, 9.17) is 4.74 Å². The van der Waals surface area contributed by atoms with Crippen LogP contribution in [0.15, 0.2) is 36.5 Å². The molecule has 1 amide bonds. The molecule has 5 heteroatoms. The largest absolute Gasteiger partial charge is 0.449 e. The fourth-order valence-electron chi connectivity index (χ4n) is 1.44. The molecule has 0 atom stereocenters. The molecule has 1 aromatic carbocycles. The van der Waals surface area contributed by atoms with Crippen LogP contribution < -0.4 is 10.9 Å². The monoisotopic (exact) mass is 231 g/mol. The maximum atomic E-state index is 11.1. The van der Waals surface area contributed by atoms with Gasteiger partial charge in [0.1, 0.15) is 0 Å². The van der Waals surface area contributed by atoms with Crippen LogP contribution in [0.1, 0.15) is 6.92 Å². The van der Waals surface area contributed by atoms with Gasteiger partial charge >= 0.3 is 6.09 Å². The maximum Gasteiger partial charge on any atom is 0.425 e. The Labute approximate surface area is 98.8 Å². The lowest BCUT2D eigenvalue weighted by atomic mass is 10.2. The number of hydrogen-bond acceptors (Lipinski definition) is 4. The molecule has 0 radical (unpaired) electrons. The van der Waals surface area contributed by atoms with Crippen LogP contribution in [0.25, 0.3) is 10.9 Å². The molecule has 2 rings (SSSR count). The first-order valence-electron chi connectivity index (χ1n) is 5.33. The molecule has 0 aliphatic heterocycles. The predicted octanol–water partition coefficient (Wildman–Crippen LogP) is 2.31. The minimum Gasteiger partial charge on any atom is -0.449 e. The molecule has 17 heavy (non-hydrogen) atoms. The summed E-state index contributed by atoms with van der Waals surface area (Å²) < 4.78 is 4.73. The molecule has 0 aliphatic carbocycles. The van der Waals surface area contributed by atoms with Gasteiger partial charge in [0.25, 0.3) is 0 Å². The summed E-state index contributed by atoms with van der Waals surface area (Å²) in [6, 6.07) is 9.43. The third-order valence-corrected chi connectivity index (χ3v) is 2.19. The Morgan fingerprint density at radius 3 is 3.12 bits per heavy atom. The molecule has 0 aliphatic rings. The van der Waals surface area contributed by atoms with Gasteiger partial charge in [-0.3, -0.25) is 10.4 Å². The van der Waals surface area contributed by atoms with Gasteiger partial charge in [-0.25, -0.2) is 10.2 Å². The molecule has 2 N–H and O–H groups in total. The molecule has 88 valence electrons. The number of amides is 1. The number of ether oxygens (including phenoxy) is 1. The van der Waals surface area contributed by atoms with E-state index in [1.165, 1.54) is 0 Å². The van der Waals surface area contributed by atoms with Crippen molar-refractivity contribution in [1.82, 2.24) is 10.4 Å². The SMILES string of the molecule is CCOC(=O)NNc1ccc2ncccc2c1. The fraction of sp³-hybridized carbons (Fsp3) is 0.167. The highest BCUT2D eigenvalue weighted by Crippen LogP contribution is 2.16. The van der Waals surface area contributed by atoms with Gasteiger partial charge < -0.3 is 4.74 Å². The van der Waals surface area contributed by atoms with Crippen molar-refractivity contribution in [2.24, 2.45) is 0 Å². The van der Waals surface area contributed by atoms with E-state index >= 15 is 0 Å². The smallest absolute Gasteiger partial charge is 0.425 e. The number of nitrogens with one attached hydrogen (secondary N) is 2. The molecule has 1 heterocycles. The minimum absolute atomic E-state index is 0.342. The molecule has 0 unspecified atom stereocenters. The van der Waals surface area contributed by atoms with E-state index in [0.29, 0.717) is 6.61 Å². The summed E-state index contributed by atoms with van der Waals surface area (Å²) in [6.45, 7) is 2.09. The molecule has 0 spiro atoms. The lowest BCUT2D eigenvalue weighted by molar-refractivity contribution is 0.154. The van der Waals surface area contributed by atoms with Crippen molar-refractivity contribution in [1.29, 1.82) is 0 Å². The Morgan fingerprint density at radius 1 is 1.41 bits per heavy atom. The predicted molar refractivity (Wildman–Crippen MR) is 65.5 cm³/mol. The summed E-state index contributed by atoms with van der Waals surface area (Å²) in [4.78, 5) is 15.3. The van der Waals surface area contributed by atoms with E-state index < -0.39 is 6.09 Å². The quantitative estimate of drug-likeness (QED) is 0.796. The first kappa shape index (κ1) is 11.2. The Balaban J connectivity index is 2.06. The van der Waals surface area contributed by atoms with Crippen LogP contribution in [-0.2, 0) is 4.74 Å². The molecule has 5 nitrogen and oxygen atoms in total. The van der Waals surface area contributed by atoms with E-state index in [1.54, 1.807) is 13.1 Å². The third-order valence-electron chi connectivity index (χ3n) is 2.19. The van der Waals surface area contributed by atoms with Crippen molar-refractivity contribution in [2.45, 2.75) is 6.92 Å². The number of fused-ring (bicyclic) bond motifs is 1. The van der Waals surface area contributed by atoms with Crippen LogP contribution in [0.4, 0.5) is 10.5 Å². The number of rotatable bonds is 3. The van der Waals surface area contributed by atoms with Crippen molar-refractivity contribution in [3.8, 4) is 0 Å². The van der Waals surface area contributed by atoms with Crippen molar-refractivity contribution in [3.05, 3.63) is 36.5 Å². The molecular formula is C12H13N3O2. The normalized spacial score (nSPS) is 9.94. The van der Waals surface area contributed by atoms with E-state index in [9.17, 15) is 4.79 Å². The van der Waals surface area contributed by atoms with Gasteiger partial charge in [0.05, 0.1) is 17.8 Å². The van der Waals surface area contributed by atoms with Gasteiger partial charge in [0.2, 0.25) is 0 Å². The van der Waals surface area contributed by atoms with Gasteiger partial charge in [0, 0.05) is 11.6 Å². The average Bonchev–Trinajstić information content (AvgIpc) is 2.36. The lowest BCUT2D eigenvalue weighted by Gasteiger charge is -2.08. The zero-order chi connectivity index (χ0) is 12.1. The van der Waals surface area contributed by atoms with Crippen molar-refractivity contribution < 1.29 is 9.53 Å². The fourth-order valence-corrected chi connectivity index (χ4v) is 1.44. The second kappa shape index (κ2) is 5.16. The van der Waals surface area contributed by atoms with Crippen LogP contribution in [-0.4, -0.2) is 17.7 Å². The van der Waals surface area contributed by atoms with Gasteiger partial charge in [0.15, 0.2) is 0 Å². The van der Waals surface area contributed by atoms with Gasteiger partial charge in [-0.15, -0.1) is 0 Å². The second-order valence-electron chi connectivity index (χ2n) is 3.38. The number of nitrogens with zero attached hydrogens (tertiary/aromatic N) is 1. The molecular weight excluding hydrogens is 218 g/mol. The standard InChI is InChI=1S/C12H13N3O2/c1-2-17-12(16)15-14-10-5-6-11-9(8-10)4-3-7-13-11/h3-8,14H,2H2,1H3,(H,15,16). The van der Waals surface area contributed by atoms with Crippen molar-refractivity contribution in [3.63, 3.8) is 0 Å². The number of hydrazine groups is 1. The lowest BCUT2D eigenvalue weighted by Crippen LogP contribution is -2.29. The first-order chi connectivity index (χ1) is 8.29. The summed E-state index contributed by atoms with van der Waals surface area (Å²) >= 11 is 0. The van der Waals surface area contributed by atoms with Crippen LogP contribution >= 0.6 is 0 Å². The maximum absolute atomic E-state index is 11.1. The average molecular weight is 231 g/mol. The summed E-state index contributed by atoms with van der Waals surface area (Å²) in [6.07, 6.45) is 1.24. The molecule has 0 saturated heterocycles. The molecule has 2 aromatic rings. The molecule has 0 fully saturated rings. The number of carbonyl (C=O) groups excluding carboxylic acids is 1. The number of hydrogen-bond donors (Lipinski definition) is 2. The highest BCUT2D eigenvalue weighted by molar-refractivity contribution is 5.82. The van der Waals surface area contributed by atoms with Gasteiger partial charge in [-0.2, -0.15) is 0 Å². The van der Waals surface area contributed by atoms with Gasteiger partial charge in [-0.1, -0.05) is 6.07 Å². The summed E-state index contributed by atoms with van der Waals surface area (Å²) in [5, 5.41) is 1.00. The van der Waals surface area contributed by atoms with E-state index in [1.807, 2.05) is 30.3 Å². The number of aromatic nitrogens is 1. The van der Waals surface area contributed by atoms with Crippen LogP contribution in [0.5, 0.6) is 0 Å². The number of anilines is 1. The van der Waals surface area contributed by atoms with Gasteiger partial charge in [-0.05, 0) is 31.2 Å². The molecule has 0 bridgehead atoms. The van der Waals surface area contributed by atoms with Crippen molar-refractivity contribution >= 4 is 22.7 Å². The summed E-state index contributed by atoms with van der Waals surface area (Å²) in [5.41, 5.74) is 6.89. The summed E-state index contributed by atoms with van der Waals surface area (Å²) in [5.74, 6) is 0. The number of pyridine rings is 1. The molecule has 0 saturated carbocycles.